The zero-order valence-corrected chi connectivity index (χ0v) is 12.6. The number of carbonyl (C=O) groups is 1. The normalized spacial score (nSPS) is 10.3. The minimum atomic E-state index is -0.0961. The third-order valence-corrected chi connectivity index (χ3v) is 3.38. The van der Waals surface area contributed by atoms with Crippen LogP contribution < -0.4 is 16.2 Å². The molecule has 3 N–H and O–H groups in total. The Balaban J connectivity index is 2.27. The van der Waals surface area contributed by atoms with Gasteiger partial charge in [0.15, 0.2) is 0 Å². The van der Waals surface area contributed by atoms with Gasteiger partial charge >= 0.3 is 0 Å². The molecule has 2 aromatic rings. The molecule has 1 aromatic heterocycles. The molecule has 1 amide bonds. The summed E-state index contributed by atoms with van der Waals surface area (Å²) in [6.45, 7) is 3.93. The number of aromatic nitrogens is 1. The summed E-state index contributed by atoms with van der Waals surface area (Å²) in [5.41, 5.74) is 5.87. The summed E-state index contributed by atoms with van der Waals surface area (Å²) in [6.07, 6.45) is 0.979. The number of amides is 1. The van der Waals surface area contributed by atoms with Crippen LogP contribution in [0, 0.1) is 6.92 Å². The number of nitrogens with two attached hydrogens (primary N) is 1. The summed E-state index contributed by atoms with van der Waals surface area (Å²) in [5, 5.41) is 0. The topological polar surface area (TPSA) is 71.2 Å². The van der Waals surface area contributed by atoms with Gasteiger partial charge in [0.2, 0.25) is 0 Å². The van der Waals surface area contributed by atoms with E-state index in [9.17, 15) is 4.79 Å². The summed E-state index contributed by atoms with van der Waals surface area (Å²) in [6, 6.07) is 11.4. The molecule has 0 aliphatic heterocycles. The van der Waals surface area contributed by atoms with Gasteiger partial charge in [-0.05, 0) is 43.2 Å². The van der Waals surface area contributed by atoms with Crippen molar-refractivity contribution >= 4 is 17.4 Å². The van der Waals surface area contributed by atoms with Crippen LogP contribution in [0.1, 0.15) is 28.5 Å². The van der Waals surface area contributed by atoms with Gasteiger partial charge in [-0.2, -0.15) is 0 Å². The van der Waals surface area contributed by atoms with E-state index in [1.165, 1.54) is 5.56 Å². The number of hydrazine groups is 1. The lowest BCUT2D eigenvalue weighted by atomic mass is 10.1. The molecule has 5 heteroatoms. The summed E-state index contributed by atoms with van der Waals surface area (Å²) in [5.74, 6) is 5.75. The predicted octanol–water partition coefficient (Wildman–Crippen LogP) is 2.51. The highest BCUT2D eigenvalue weighted by Gasteiger charge is 2.15. The first-order chi connectivity index (χ1) is 10.0. The summed E-state index contributed by atoms with van der Waals surface area (Å²) in [7, 11) is 1.76. The van der Waals surface area contributed by atoms with Crippen molar-refractivity contribution in [2.75, 3.05) is 17.4 Å². The predicted molar refractivity (Wildman–Crippen MR) is 85.3 cm³/mol. The number of rotatable bonds is 4. The van der Waals surface area contributed by atoms with E-state index in [0.29, 0.717) is 11.4 Å². The largest absolute Gasteiger partial charge is 0.311 e. The van der Waals surface area contributed by atoms with E-state index in [1.807, 2.05) is 31.2 Å². The molecule has 2 rings (SSSR count). The maximum atomic E-state index is 12.5. The van der Waals surface area contributed by atoms with E-state index in [0.717, 1.165) is 17.8 Å². The lowest BCUT2D eigenvalue weighted by Gasteiger charge is -2.18. The summed E-state index contributed by atoms with van der Waals surface area (Å²) >= 11 is 0. The van der Waals surface area contributed by atoms with Gasteiger partial charge in [-0.25, -0.2) is 10.8 Å². The molecule has 1 aromatic carbocycles. The monoisotopic (exact) mass is 284 g/mol. The fourth-order valence-corrected chi connectivity index (χ4v) is 2.13. The molecule has 0 radical (unpaired) electrons. The molecule has 0 spiro atoms. The molecule has 1 heterocycles. The van der Waals surface area contributed by atoms with Gasteiger partial charge in [-0.3, -0.25) is 4.79 Å². The summed E-state index contributed by atoms with van der Waals surface area (Å²) in [4.78, 5) is 18.4. The average molecular weight is 284 g/mol. The lowest BCUT2D eigenvalue weighted by Crippen LogP contribution is -2.26. The van der Waals surface area contributed by atoms with Gasteiger partial charge in [-0.1, -0.05) is 19.1 Å². The fourth-order valence-electron chi connectivity index (χ4n) is 2.13. The van der Waals surface area contributed by atoms with Crippen molar-refractivity contribution in [3.8, 4) is 0 Å². The highest BCUT2D eigenvalue weighted by Crippen LogP contribution is 2.18. The molecule has 0 unspecified atom stereocenters. The first kappa shape index (κ1) is 15.0. The van der Waals surface area contributed by atoms with Gasteiger partial charge in [0, 0.05) is 24.0 Å². The van der Waals surface area contributed by atoms with Gasteiger partial charge in [0.1, 0.15) is 5.82 Å². The second kappa shape index (κ2) is 6.37. The number of nitrogen functional groups attached to an aromatic ring is 1. The molecule has 0 saturated heterocycles. The third kappa shape index (κ3) is 3.38. The fraction of sp³-hybridized carbons (Fsp3) is 0.250. The molecule has 0 aliphatic carbocycles. The van der Waals surface area contributed by atoms with Gasteiger partial charge < -0.3 is 10.3 Å². The number of carbonyl (C=O) groups excluding carboxylic acids is 1. The minimum Gasteiger partial charge on any atom is -0.311 e. The molecular weight excluding hydrogens is 264 g/mol. The number of pyridine rings is 1. The number of benzene rings is 1. The summed E-state index contributed by atoms with van der Waals surface area (Å²) < 4.78 is 0. The molecule has 5 nitrogen and oxygen atoms in total. The molecule has 0 saturated carbocycles. The zero-order valence-electron chi connectivity index (χ0n) is 12.6. The number of nitrogens with zero attached hydrogens (tertiary/aromatic N) is 2. The molecule has 110 valence electrons. The minimum absolute atomic E-state index is 0.0961. The van der Waals surface area contributed by atoms with E-state index in [1.54, 1.807) is 24.1 Å². The third-order valence-electron chi connectivity index (χ3n) is 3.38. The number of anilines is 2. The quantitative estimate of drug-likeness (QED) is 0.668. The molecule has 0 bridgehead atoms. The molecule has 21 heavy (non-hydrogen) atoms. The van der Waals surface area contributed by atoms with E-state index in [2.05, 4.69) is 17.3 Å². The van der Waals surface area contributed by atoms with Crippen molar-refractivity contribution < 1.29 is 4.79 Å². The van der Waals surface area contributed by atoms with Crippen molar-refractivity contribution in [2.24, 2.45) is 5.84 Å². The van der Waals surface area contributed by atoms with Crippen LogP contribution in [0.15, 0.2) is 36.4 Å². The Morgan fingerprint density at radius 1 is 1.29 bits per heavy atom. The van der Waals surface area contributed by atoms with Crippen LogP contribution in [-0.2, 0) is 6.42 Å². The van der Waals surface area contributed by atoms with E-state index in [-0.39, 0.29) is 5.91 Å². The molecule has 0 aliphatic rings. The number of hydrogen-bond acceptors (Lipinski definition) is 4. The molecule has 0 atom stereocenters. The van der Waals surface area contributed by atoms with Crippen molar-refractivity contribution in [3.05, 3.63) is 53.2 Å². The van der Waals surface area contributed by atoms with Crippen molar-refractivity contribution in [1.29, 1.82) is 0 Å². The Labute approximate surface area is 124 Å². The standard InChI is InChI=1S/C16H20N4O/c1-4-12-5-7-14(8-6-12)20(3)16(21)13-9-11(2)18-15(10-13)19-17/h5-10H,4,17H2,1-3H3,(H,18,19). The van der Waals surface area contributed by atoms with E-state index >= 15 is 0 Å². The Kier molecular flexibility index (Phi) is 4.55. The van der Waals surface area contributed by atoms with Gasteiger partial charge in [0.05, 0.1) is 0 Å². The van der Waals surface area contributed by atoms with Crippen molar-refractivity contribution in [3.63, 3.8) is 0 Å². The lowest BCUT2D eigenvalue weighted by molar-refractivity contribution is 0.0993. The van der Waals surface area contributed by atoms with Crippen LogP contribution in [0.4, 0.5) is 11.5 Å². The Bertz CT molecular complexity index is 637. The Morgan fingerprint density at radius 2 is 1.95 bits per heavy atom. The zero-order chi connectivity index (χ0) is 15.4. The maximum Gasteiger partial charge on any atom is 0.258 e. The van der Waals surface area contributed by atoms with Gasteiger partial charge in [-0.15, -0.1) is 0 Å². The molecular formula is C16H20N4O. The smallest absolute Gasteiger partial charge is 0.258 e. The van der Waals surface area contributed by atoms with E-state index < -0.39 is 0 Å². The van der Waals surface area contributed by atoms with Crippen LogP contribution >= 0.6 is 0 Å². The number of nitrogens with one attached hydrogen (secondary N) is 1. The maximum absolute atomic E-state index is 12.5. The van der Waals surface area contributed by atoms with Crippen LogP contribution in [0.2, 0.25) is 0 Å². The Morgan fingerprint density at radius 3 is 2.52 bits per heavy atom. The first-order valence-electron chi connectivity index (χ1n) is 6.87. The van der Waals surface area contributed by atoms with E-state index in [4.69, 9.17) is 5.84 Å². The SMILES string of the molecule is CCc1ccc(N(C)C(=O)c2cc(C)nc(NN)c2)cc1. The van der Waals surface area contributed by atoms with Gasteiger partial charge in [0.25, 0.3) is 5.91 Å². The number of aryl methyl sites for hydroxylation is 2. The van der Waals surface area contributed by atoms with Crippen LogP contribution in [0.25, 0.3) is 0 Å². The van der Waals surface area contributed by atoms with Crippen molar-refractivity contribution in [1.82, 2.24) is 4.98 Å². The van der Waals surface area contributed by atoms with Crippen LogP contribution in [0.5, 0.6) is 0 Å². The highest BCUT2D eigenvalue weighted by atomic mass is 16.2. The second-order valence-electron chi connectivity index (χ2n) is 4.91. The highest BCUT2D eigenvalue weighted by molar-refractivity contribution is 6.06. The van der Waals surface area contributed by atoms with Crippen LogP contribution in [0.3, 0.4) is 0 Å². The second-order valence-corrected chi connectivity index (χ2v) is 4.91. The van der Waals surface area contributed by atoms with Crippen molar-refractivity contribution in [2.45, 2.75) is 20.3 Å². The van der Waals surface area contributed by atoms with Crippen LogP contribution in [-0.4, -0.2) is 17.9 Å². The Hall–Kier alpha value is -2.40. The number of hydrogen-bond donors (Lipinski definition) is 2. The molecule has 0 fully saturated rings. The average Bonchev–Trinajstić information content (AvgIpc) is 2.52. The first-order valence-corrected chi connectivity index (χ1v) is 6.87.